The first-order valence-corrected chi connectivity index (χ1v) is 9.80. The van der Waals surface area contributed by atoms with Crippen molar-refractivity contribution in [3.8, 4) is 0 Å². The normalized spacial score (nSPS) is 12.7. The molecule has 3 rings (SSSR count). The summed E-state index contributed by atoms with van der Waals surface area (Å²) in [5, 5.41) is 6.36. The summed E-state index contributed by atoms with van der Waals surface area (Å²) < 4.78 is 4.91. The summed E-state index contributed by atoms with van der Waals surface area (Å²) in [6.07, 6.45) is 5.99. The van der Waals surface area contributed by atoms with Crippen molar-refractivity contribution in [3.63, 3.8) is 0 Å². The number of hydrogen-bond acceptors (Lipinski definition) is 5. The van der Waals surface area contributed by atoms with Gasteiger partial charge in [0.2, 0.25) is 5.91 Å². The lowest BCUT2D eigenvalue weighted by atomic mass is 10.1. The smallest absolute Gasteiger partial charge is 0.341 e. The third-order valence-corrected chi connectivity index (χ3v) is 5.69. The molecule has 0 aliphatic heterocycles. The van der Waals surface area contributed by atoms with Gasteiger partial charge in [-0.1, -0.05) is 29.8 Å². The highest BCUT2D eigenvalue weighted by Gasteiger charge is 2.27. The molecule has 1 heterocycles. The molecule has 7 heteroatoms. The fourth-order valence-corrected chi connectivity index (χ4v) is 4.50. The minimum Gasteiger partial charge on any atom is -0.465 e. The van der Waals surface area contributed by atoms with Crippen LogP contribution in [0.3, 0.4) is 0 Å². The molecule has 140 valence electrons. The lowest BCUT2D eigenvalue weighted by Gasteiger charge is -2.09. The van der Waals surface area contributed by atoms with Crippen molar-refractivity contribution in [1.29, 1.82) is 0 Å². The summed E-state index contributed by atoms with van der Waals surface area (Å²) in [7, 11) is 1.36. The molecule has 0 spiro atoms. The quantitative estimate of drug-likeness (QED) is 0.463. The van der Waals surface area contributed by atoms with Crippen LogP contribution in [0, 0.1) is 6.92 Å². The Balaban J connectivity index is 1.65. The van der Waals surface area contributed by atoms with Gasteiger partial charge in [-0.05, 0) is 55.6 Å². The van der Waals surface area contributed by atoms with E-state index in [2.05, 4.69) is 10.6 Å². The van der Waals surface area contributed by atoms with Gasteiger partial charge >= 0.3 is 5.97 Å². The molecular weight excluding hydrogens is 380 g/mol. The molecule has 0 saturated carbocycles. The van der Waals surface area contributed by atoms with Crippen LogP contribution >= 0.6 is 23.6 Å². The van der Waals surface area contributed by atoms with E-state index >= 15 is 0 Å². The molecule has 5 nitrogen and oxygen atoms in total. The summed E-state index contributed by atoms with van der Waals surface area (Å²) in [6, 6.07) is 7.83. The second-order valence-corrected chi connectivity index (χ2v) is 7.75. The largest absolute Gasteiger partial charge is 0.465 e. The van der Waals surface area contributed by atoms with Gasteiger partial charge in [-0.2, -0.15) is 0 Å². The van der Waals surface area contributed by atoms with Crippen LogP contribution in [0.1, 0.15) is 38.3 Å². The number of nitrogens with one attached hydrogen (secondary N) is 2. The van der Waals surface area contributed by atoms with Crippen LogP contribution in [-0.2, 0) is 22.4 Å². The lowest BCUT2D eigenvalue weighted by Crippen LogP contribution is -2.33. The topological polar surface area (TPSA) is 67.4 Å². The maximum Gasteiger partial charge on any atom is 0.341 e. The molecule has 0 radical (unpaired) electrons. The number of benzene rings is 1. The number of hydrogen-bond donors (Lipinski definition) is 2. The Morgan fingerprint density at radius 2 is 1.96 bits per heavy atom. The van der Waals surface area contributed by atoms with Crippen molar-refractivity contribution in [2.24, 2.45) is 0 Å². The minimum atomic E-state index is -0.384. The van der Waals surface area contributed by atoms with Gasteiger partial charge in [-0.15, -0.1) is 11.3 Å². The molecule has 0 saturated heterocycles. The SMILES string of the molecule is COC(=O)c1c(NC(=S)NC(=O)/C=C/c2ccc(C)cc2)sc2c1CCC2. The second kappa shape index (κ2) is 8.45. The van der Waals surface area contributed by atoms with Crippen LogP contribution in [0.2, 0.25) is 0 Å². The summed E-state index contributed by atoms with van der Waals surface area (Å²) in [5.74, 6) is -0.720. The molecular formula is C20H20N2O3S2. The van der Waals surface area contributed by atoms with Gasteiger partial charge in [0.25, 0.3) is 0 Å². The van der Waals surface area contributed by atoms with E-state index in [1.807, 2.05) is 31.2 Å². The highest BCUT2D eigenvalue weighted by Crippen LogP contribution is 2.39. The van der Waals surface area contributed by atoms with Crippen molar-refractivity contribution in [3.05, 3.63) is 57.5 Å². The lowest BCUT2D eigenvalue weighted by molar-refractivity contribution is -0.115. The number of rotatable bonds is 4. The Kier molecular flexibility index (Phi) is 6.03. The Morgan fingerprint density at radius 3 is 2.67 bits per heavy atom. The minimum absolute atomic E-state index is 0.152. The van der Waals surface area contributed by atoms with Crippen LogP contribution < -0.4 is 10.6 Å². The van der Waals surface area contributed by atoms with Crippen molar-refractivity contribution >= 4 is 51.6 Å². The van der Waals surface area contributed by atoms with E-state index in [0.717, 1.165) is 36.0 Å². The number of aryl methyl sites for hydroxylation is 2. The predicted octanol–water partition coefficient (Wildman–Crippen LogP) is 3.86. The van der Waals surface area contributed by atoms with Gasteiger partial charge in [0, 0.05) is 11.0 Å². The van der Waals surface area contributed by atoms with Gasteiger partial charge in [0.05, 0.1) is 12.7 Å². The van der Waals surface area contributed by atoms with E-state index in [0.29, 0.717) is 10.6 Å². The Bertz CT molecular complexity index is 914. The molecule has 0 atom stereocenters. The molecule has 1 amide bonds. The third-order valence-electron chi connectivity index (χ3n) is 4.28. The van der Waals surface area contributed by atoms with E-state index in [4.69, 9.17) is 17.0 Å². The average Bonchev–Trinajstić information content (AvgIpc) is 3.21. The maximum atomic E-state index is 12.1. The number of carbonyl (C=O) groups is 2. The van der Waals surface area contributed by atoms with Crippen LogP contribution in [0.4, 0.5) is 5.00 Å². The van der Waals surface area contributed by atoms with Gasteiger partial charge in [-0.3, -0.25) is 10.1 Å². The van der Waals surface area contributed by atoms with Gasteiger partial charge in [0.1, 0.15) is 5.00 Å². The molecule has 0 bridgehead atoms. The van der Waals surface area contributed by atoms with Crippen LogP contribution in [0.25, 0.3) is 6.08 Å². The van der Waals surface area contributed by atoms with Crippen molar-refractivity contribution in [2.75, 3.05) is 12.4 Å². The maximum absolute atomic E-state index is 12.1. The molecule has 1 aromatic carbocycles. The number of amides is 1. The summed E-state index contributed by atoms with van der Waals surface area (Å²) in [5.41, 5.74) is 3.65. The zero-order chi connectivity index (χ0) is 19.4. The van der Waals surface area contributed by atoms with Crippen molar-refractivity contribution < 1.29 is 14.3 Å². The molecule has 0 fully saturated rings. The number of fused-ring (bicyclic) bond motifs is 1. The van der Waals surface area contributed by atoms with E-state index < -0.39 is 0 Å². The number of ether oxygens (including phenoxy) is 1. The fourth-order valence-electron chi connectivity index (χ4n) is 2.95. The number of esters is 1. The van der Waals surface area contributed by atoms with Crippen molar-refractivity contribution in [2.45, 2.75) is 26.2 Å². The first-order valence-electron chi connectivity index (χ1n) is 8.57. The second-order valence-electron chi connectivity index (χ2n) is 6.24. The summed E-state index contributed by atoms with van der Waals surface area (Å²) in [4.78, 5) is 25.4. The zero-order valence-electron chi connectivity index (χ0n) is 15.1. The number of methoxy groups -OCH3 is 1. The number of thiocarbonyl (C=S) groups is 1. The van der Waals surface area contributed by atoms with E-state index in [1.54, 1.807) is 6.08 Å². The van der Waals surface area contributed by atoms with E-state index in [-0.39, 0.29) is 17.0 Å². The predicted molar refractivity (Wildman–Crippen MR) is 112 cm³/mol. The highest BCUT2D eigenvalue weighted by atomic mass is 32.1. The standard InChI is InChI=1S/C20H20N2O3S2/c1-12-6-8-13(9-7-12)10-11-16(23)21-20(26)22-18-17(19(24)25-2)14-4-3-5-15(14)27-18/h6-11H,3-5H2,1-2H3,(H2,21,22,23,26)/b11-10+. The summed E-state index contributed by atoms with van der Waals surface area (Å²) >= 11 is 6.72. The average molecular weight is 401 g/mol. The van der Waals surface area contributed by atoms with Gasteiger partial charge < -0.3 is 10.1 Å². The molecule has 2 N–H and O–H groups in total. The van der Waals surface area contributed by atoms with Gasteiger partial charge in [-0.25, -0.2) is 4.79 Å². The fraction of sp³-hybridized carbons (Fsp3) is 0.250. The molecule has 1 aromatic heterocycles. The molecule has 1 aliphatic carbocycles. The first kappa shape index (κ1) is 19.3. The highest BCUT2D eigenvalue weighted by molar-refractivity contribution is 7.80. The summed E-state index contributed by atoms with van der Waals surface area (Å²) in [6.45, 7) is 2.01. The monoisotopic (exact) mass is 400 g/mol. The number of carbonyl (C=O) groups excluding carboxylic acids is 2. The van der Waals surface area contributed by atoms with Crippen molar-refractivity contribution in [1.82, 2.24) is 5.32 Å². The Morgan fingerprint density at radius 1 is 1.22 bits per heavy atom. The molecule has 2 aromatic rings. The van der Waals surface area contributed by atoms with E-state index in [9.17, 15) is 9.59 Å². The zero-order valence-corrected chi connectivity index (χ0v) is 16.8. The number of thiophene rings is 1. The Labute approximate surface area is 167 Å². The van der Waals surface area contributed by atoms with Crippen LogP contribution in [0.5, 0.6) is 0 Å². The molecule has 1 aliphatic rings. The van der Waals surface area contributed by atoms with Crippen LogP contribution in [-0.4, -0.2) is 24.1 Å². The van der Waals surface area contributed by atoms with E-state index in [1.165, 1.54) is 29.4 Å². The third kappa shape index (κ3) is 4.61. The number of anilines is 1. The first-order chi connectivity index (χ1) is 13.0. The molecule has 27 heavy (non-hydrogen) atoms. The van der Waals surface area contributed by atoms with Gasteiger partial charge in [0.15, 0.2) is 5.11 Å². The Hall–Kier alpha value is -2.51. The van der Waals surface area contributed by atoms with Crippen LogP contribution in [0.15, 0.2) is 30.3 Å². The molecule has 0 unspecified atom stereocenters.